The van der Waals surface area contributed by atoms with Gasteiger partial charge in [0.25, 0.3) is 0 Å². The van der Waals surface area contributed by atoms with Gasteiger partial charge in [-0.15, -0.1) is 0 Å². The molecule has 0 aliphatic carbocycles. The van der Waals surface area contributed by atoms with E-state index in [1.54, 1.807) is 0 Å². The van der Waals surface area contributed by atoms with Crippen molar-refractivity contribution in [2.75, 3.05) is 4.84 Å². The summed E-state index contributed by atoms with van der Waals surface area (Å²) >= 11 is 5.60. The maximum atomic E-state index is 5.60. The second-order valence-corrected chi connectivity index (χ2v) is 4.04. The Morgan fingerprint density at radius 2 is 1.31 bits per heavy atom. The molecule has 16 heavy (non-hydrogen) atoms. The highest BCUT2D eigenvalue weighted by Crippen LogP contribution is 2.25. The summed E-state index contributed by atoms with van der Waals surface area (Å²) in [6.07, 6.45) is 0. The molecule has 0 bridgehead atoms. The predicted octanol–water partition coefficient (Wildman–Crippen LogP) is 4.56. The van der Waals surface area contributed by atoms with Gasteiger partial charge in [-0.1, -0.05) is 30.3 Å². The lowest BCUT2D eigenvalue weighted by Gasteiger charge is -2.04. The van der Waals surface area contributed by atoms with Crippen molar-refractivity contribution < 1.29 is 0 Å². The lowest BCUT2D eigenvalue weighted by molar-refractivity contribution is 1.73. The summed E-state index contributed by atoms with van der Waals surface area (Å²) in [5.74, 6) is 0. The Hall–Kier alpha value is -1.73. The first-order valence-electron chi connectivity index (χ1n) is 5.16. The third-order valence-corrected chi connectivity index (χ3v) is 3.03. The van der Waals surface area contributed by atoms with Gasteiger partial charge < -0.3 is 0 Å². The highest BCUT2D eigenvalue weighted by Gasteiger charge is 1.98. The molecule has 0 fully saturated rings. The van der Waals surface area contributed by atoms with Crippen molar-refractivity contribution in [1.82, 2.24) is 0 Å². The SMILES string of the molecule is ClNc1ccc2cc3ccccc3cc2c1. The third-order valence-electron chi connectivity index (χ3n) is 2.81. The van der Waals surface area contributed by atoms with Gasteiger partial charge in [0, 0.05) is 17.5 Å². The maximum absolute atomic E-state index is 5.60. The summed E-state index contributed by atoms with van der Waals surface area (Å²) in [6.45, 7) is 0. The molecule has 0 saturated heterocycles. The molecule has 3 rings (SSSR count). The van der Waals surface area contributed by atoms with Crippen molar-refractivity contribution in [3.63, 3.8) is 0 Å². The highest BCUT2D eigenvalue weighted by atomic mass is 35.5. The van der Waals surface area contributed by atoms with E-state index in [9.17, 15) is 0 Å². The van der Waals surface area contributed by atoms with Gasteiger partial charge in [-0.3, -0.25) is 4.84 Å². The van der Waals surface area contributed by atoms with Crippen LogP contribution in [0.15, 0.2) is 54.6 Å². The first kappa shape index (κ1) is 9.49. The predicted molar refractivity (Wildman–Crippen MR) is 70.9 cm³/mol. The summed E-state index contributed by atoms with van der Waals surface area (Å²) in [6, 6.07) is 18.8. The molecular weight excluding hydrogens is 218 g/mol. The van der Waals surface area contributed by atoms with E-state index in [4.69, 9.17) is 11.8 Å². The second-order valence-electron chi connectivity index (χ2n) is 3.86. The molecule has 0 unspecified atom stereocenters. The van der Waals surface area contributed by atoms with E-state index in [0.29, 0.717) is 0 Å². The van der Waals surface area contributed by atoms with E-state index in [-0.39, 0.29) is 0 Å². The molecule has 78 valence electrons. The lowest BCUT2D eigenvalue weighted by atomic mass is 10.0. The van der Waals surface area contributed by atoms with Gasteiger partial charge in [0.1, 0.15) is 0 Å². The molecule has 0 saturated carbocycles. The zero-order chi connectivity index (χ0) is 11.0. The van der Waals surface area contributed by atoms with Gasteiger partial charge in [-0.25, -0.2) is 0 Å². The van der Waals surface area contributed by atoms with Crippen molar-refractivity contribution in [2.24, 2.45) is 0 Å². The normalized spacial score (nSPS) is 10.8. The molecule has 2 heteroatoms. The Kier molecular flexibility index (Phi) is 2.19. The van der Waals surface area contributed by atoms with Crippen molar-refractivity contribution in [2.45, 2.75) is 0 Å². The molecule has 0 aromatic heterocycles. The van der Waals surface area contributed by atoms with Gasteiger partial charge >= 0.3 is 0 Å². The summed E-state index contributed by atoms with van der Waals surface area (Å²) in [5.41, 5.74) is 0.921. The zero-order valence-electron chi connectivity index (χ0n) is 8.57. The van der Waals surface area contributed by atoms with Crippen molar-refractivity contribution in [1.29, 1.82) is 0 Å². The fourth-order valence-corrected chi connectivity index (χ4v) is 2.12. The minimum absolute atomic E-state index is 0.921. The molecule has 3 aromatic rings. The lowest BCUT2D eigenvalue weighted by Crippen LogP contribution is -1.81. The smallest absolute Gasteiger partial charge is 0.0498 e. The Balaban J connectivity index is 2.37. The zero-order valence-corrected chi connectivity index (χ0v) is 9.33. The first-order chi connectivity index (χ1) is 7.86. The van der Waals surface area contributed by atoms with Gasteiger partial charge in [0.2, 0.25) is 0 Å². The Labute approximate surface area is 98.8 Å². The van der Waals surface area contributed by atoms with E-state index in [1.165, 1.54) is 21.5 Å². The monoisotopic (exact) mass is 227 g/mol. The van der Waals surface area contributed by atoms with Crippen LogP contribution in [-0.2, 0) is 0 Å². The van der Waals surface area contributed by atoms with E-state index in [0.717, 1.165) is 5.69 Å². The third kappa shape index (κ3) is 1.50. The topological polar surface area (TPSA) is 12.0 Å². The van der Waals surface area contributed by atoms with Gasteiger partial charge in [0.05, 0.1) is 0 Å². The van der Waals surface area contributed by atoms with Crippen LogP contribution in [0.1, 0.15) is 0 Å². The molecule has 0 aliphatic heterocycles. The molecule has 0 amide bonds. The average Bonchev–Trinajstić information content (AvgIpc) is 2.35. The Bertz CT molecular complexity index is 661. The first-order valence-corrected chi connectivity index (χ1v) is 5.54. The fourth-order valence-electron chi connectivity index (χ4n) is 2.00. The molecule has 0 heterocycles. The molecule has 0 radical (unpaired) electrons. The number of hydrogen-bond acceptors (Lipinski definition) is 1. The minimum Gasteiger partial charge on any atom is -0.298 e. The number of benzene rings is 3. The molecule has 0 atom stereocenters. The molecular formula is C14H10ClN. The van der Waals surface area contributed by atoms with Gasteiger partial charge in [-0.05, 0) is 45.8 Å². The molecule has 0 aliphatic rings. The molecule has 3 aromatic carbocycles. The van der Waals surface area contributed by atoms with Crippen LogP contribution in [0, 0.1) is 0 Å². The standard InChI is InChI=1S/C14H10ClN/c15-16-14-6-5-12-7-10-3-1-2-4-11(10)8-13(12)9-14/h1-9,16H. The van der Waals surface area contributed by atoms with Crippen LogP contribution >= 0.6 is 11.8 Å². The Morgan fingerprint density at radius 3 is 2.00 bits per heavy atom. The van der Waals surface area contributed by atoms with E-state index in [2.05, 4.69) is 53.4 Å². The number of halogens is 1. The summed E-state index contributed by atoms with van der Waals surface area (Å²) in [4.78, 5) is 2.64. The van der Waals surface area contributed by atoms with Crippen molar-refractivity contribution in [3.05, 3.63) is 54.6 Å². The quantitative estimate of drug-likeness (QED) is 0.475. The van der Waals surface area contributed by atoms with Crippen LogP contribution < -0.4 is 4.84 Å². The van der Waals surface area contributed by atoms with Crippen LogP contribution in [-0.4, -0.2) is 0 Å². The van der Waals surface area contributed by atoms with E-state index < -0.39 is 0 Å². The molecule has 1 nitrogen and oxygen atoms in total. The number of nitrogens with one attached hydrogen (secondary N) is 1. The molecule has 0 spiro atoms. The fraction of sp³-hybridized carbons (Fsp3) is 0. The van der Waals surface area contributed by atoms with Crippen LogP contribution in [0.25, 0.3) is 21.5 Å². The van der Waals surface area contributed by atoms with E-state index in [1.807, 2.05) is 6.07 Å². The van der Waals surface area contributed by atoms with Crippen molar-refractivity contribution >= 4 is 39.0 Å². The second kappa shape index (κ2) is 3.69. The van der Waals surface area contributed by atoms with Crippen LogP contribution in [0.2, 0.25) is 0 Å². The summed E-state index contributed by atoms with van der Waals surface area (Å²) in [7, 11) is 0. The summed E-state index contributed by atoms with van der Waals surface area (Å²) in [5, 5.41) is 4.95. The van der Waals surface area contributed by atoms with Crippen molar-refractivity contribution in [3.8, 4) is 0 Å². The number of anilines is 1. The maximum Gasteiger partial charge on any atom is 0.0498 e. The van der Waals surface area contributed by atoms with Crippen LogP contribution in [0.4, 0.5) is 5.69 Å². The largest absolute Gasteiger partial charge is 0.298 e. The highest BCUT2D eigenvalue weighted by molar-refractivity contribution is 6.24. The van der Waals surface area contributed by atoms with Gasteiger partial charge in [0.15, 0.2) is 0 Å². The number of fused-ring (bicyclic) bond motifs is 2. The Morgan fingerprint density at radius 1 is 0.688 bits per heavy atom. The minimum atomic E-state index is 0.921. The summed E-state index contributed by atoms with van der Waals surface area (Å²) < 4.78 is 0. The van der Waals surface area contributed by atoms with Crippen LogP contribution in [0.5, 0.6) is 0 Å². The number of hydrogen-bond donors (Lipinski definition) is 1. The van der Waals surface area contributed by atoms with E-state index >= 15 is 0 Å². The van der Waals surface area contributed by atoms with Crippen LogP contribution in [0.3, 0.4) is 0 Å². The molecule has 1 N–H and O–H groups in total. The van der Waals surface area contributed by atoms with Gasteiger partial charge in [-0.2, -0.15) is 0 Å². The number of rotatable bonds is 1. The average molecular weight is 228 g/mol.